The molecule has 3 nitrogen and oxygen atoms in total. The Balaban J connectivity index is 2.53. The van der Waals surface area contributed by atoms with E-state index in [1.54, 1.807) is 13.0 Å². The Morgan fingerprint density at radius 1 is 1.64 bits per heavy atom. The predicted molar refractivity (Wildman–Crippen MR) is 55.7 cm³/mol. The number of hydrogen-bond acceptors (Lipinski definition) is 4. The van der Waals surface area contributed by atoms with E-state index in [1.165, 1.54) is 11.3 Å². The number of aliphatic hydroxyl groups is 1. The molecule has 0 bridgehead atoms. The highest BCUT2D eigenvalue weighted by Gasteiger charge is 2.07. The van der Waals surface area contributed by atoms with Gasteiger partial charge in [-0.25, -0.2) is 4.79 Å². The predicted octanol–water partition coefficient (Wildman–Crippen LogP) is 1.78. The molecule has 4 heteroatoms. The topological polar surface area (TPSA) is 50.4 Å². The van der Waals surface area contributed by atoms with Crippen LogP contribution in [0.3, 0.4) is 0 Å². The van der Waals surface area contributed by atoms with Crippen LogP contribution in [-0.4, -0.2) is 11.2 Å². The van der Waals surface area contributed by atoms with Crippen molar-refractivity contribution in [3.05, 3.63) is 33.7 Å². The van der Waals surface area contributed by atoms with Gasteiger partial charge >= 0.3 is 5.63 Å². The van der Waals surface area contributed by atoms with Gasteiger partial charge in [-0.1, -0.05) is 0 Å². The van der Waals surface area contributed by atoms with E-state index in [0.29, 0.717) is 16.9 Å². The summed E-state index contributed by atoms with van der Waals surface area (Å²) in [5, 5.41) is 11.9. The molecule has 1 atom stereocenters. The van der Waals surface area contributed by atoms with Gasteiger partial charge in [-0.15, -0.1) is 11.3 Å². The molecule has 0 saturated carbocycles. The minimum absolute atomic E-state index is 0.312. The van der Waals surface area contributed by atoms with Crippen LogP contribution < -0.4 is 5.63 Å². The third-order valence-corrected chi connectivity index (χ3v) is 2.83. The number of rotatable bonds is 2. The summed E-state index contributed by atoms with van der Waals surface area (Å²) in [5.41, 5.74) is -0.312. The van der Waals surface area contributed by atoms with Crippen LogP contribution in [0.1, 0.15) is 12.7 Å². The molecule has 0 aromatic carbocycles. The van der Waals surface area contributed by atoms with Gasteiger partial charge in [0.25, 0.3) is 0 Å². The fraction of sp³-hybridized carbons (Fsp3) is 0.300. The van der Waals surface area contributed by atoms with Gasteiger partial charge in [0.2, 0.25) is 0 Å². The van der Waals surface area contributed by atoms with Crippen LogP contribution in [0.25, 0.3) is 10.1 Å². The van der Waals surface area contributed by atoms with Crippen LogP contribution in [0.4, 0.5) is 0 Å². The Hall–Kier alpha value is -1.13. The van der Waals surface area contributed by atoms with Crippen molar-refractivity contribution in [2.24, 2.45) is 0 Å². The smallest absolute Gasteiger partial charge is 0.354 e. The standard InChI is InChI=1S/C10H10O3S/c1-6(11)4-8-5-7-2-3-14-9(7)10(12)13-8/h2-3,5-6,11H,4H2,1H3. The van der Waals surface area contributed by atoms with Crippen molar-refractivity contribution in [2.45, 2.75) is 19.4 Å². The number of thiophene rings is 1. The lowest BCUT2D eigenvalue weighted by molar-refractivity contribution is 0.186. The molecular formula is C10H10O3S. The summed E-state index contributed by atoms with van der Waals surface area (Å²) < 4.78 is 5.69. The summed E-state index contributed by atoms with van der Waals surface area (Å²) in [5.74, 6) is 0.538. The van der Waals surface area contributed by atoms with E-state index in [2.05, 4.69) is 0 Å². The molecule has 1 N–H and O–H groups in total. The zero-order valence-electron chi connectivity index (χ0n) is 7.69. The minimum Gasteiger partial charge on any atom is -0.427 e. The van der Waals surface area contributed by atoms with Crippen molar-refractivity contribution in [3.8, 4) is 0 Å². The Labute approximate surface area is 84.6 Å². The molecular weight excluding hydrogens is 200 g/mol. The minimum atomic E-state index is -0.491. The first kappa shape index (κ1) is 9.43. The molecule has 74 valence electrons. The Morgan fingerprint density at radius 3 is 3.14 bits per heavy atom. The van der Waals surface area contributed by atoms with Crippen molar-refractivity contribution >= 4 is 21.4 Å². The van der Waals surface area contributed by atoms with Gasteiger partial charge in [0.1, 0.15) is 10.5 Å². The molecule has 0 aliphatic carbocycles. The van der Waals surface area contributed by atoms with Crippen LogP contribution in [0.15, 0.2) is 26.7 Å². The molecule has 2 heterocycles. The van der Waals surface area contributed by atoms with Crippen molar-refractivity contribution < 1.29 is 9.52 Å². The zero-order chi connectivity index (χ0) is 10.1. The fourth-order valence-electron chi connectivity index (χ4n) is 1.36. The third-order valence-electron chi connectivity index (χ3n) is 1.92. The van der Waals surface area contributed by atoms with E-state index in [1.807, 2.05) is 11.4 Å². The first-order valence-corrected chi connectivity index (χ1v) is 5.23. The maximum absolute atomic E-state index is 11.4. The molecule has 1 unspecified atom stereocenters. The lowest BCUT2D eigenvalue weighted by atomic mass is 10.2. The van der Waals surface area contributed by atoms with Gasteiger partial charge in [0, 0.05) is 11.8 Å². The van der Waals surface area contributed by atoms with Crippen LogP contribution in [-0.2, 0) is 6.42 Å². The number of hydrogen-bond donors (Lipinski definition) is 1. The van der Waals surface area contributed by atoms with E-state index >= 15 is 0 Å². The van der Waals surface area contributed by atoms with Gasteiger partial charge in [0.15, 0.2) is 0 Å². The summed E-state index contributed by atoms with van der Waals surface area (Å²) >= 11 is 1.37. The van der Waals surface area contributed by atoms with E-state index in [-0.39, 0.29) is 5.63 Å². The Morgan fingerprint density at radius 2 is 2.43 bits per heavy atom. The van der Waals surface area contributed by atoms with E-state index in [0.717, 1.165) is 5.39 Å². The fourth-order valence-corrected chi connectivity index (χ4v) is 2.11. The SMILES string of the molecule is CC(O)Cc1cc2ccsc2c(=O)o1. The molecule has 0 spiro atoms. The van der Waals surface area contributed by atoms with Crippen molar-refractivity contribution in [3.63, 3.8) is 0 Å². The normalized spacial score (nSPS) is 13.3. The second kappa shape index (κ2) is 3.55. The van der Waals surface area contributed by atoms with Gasteiger partial charge in [0.05, 0.1) is 6.10 Å². The van der Waals surface area contributed by atoms with Gasteiger partial charge in [-0.3, -0.25) is 0 Å². The average Bonchev–Trinajstić information content (AvgIpc) is 2.50. The van der Waals surface area contributed by atoms with Crippen LogP contribution in [0.2, 0.25) is 0 Å². The van der Waals surface area contributed by atoms with E-state index in [4.69, 9.17) is 9.52 Å². The van der Waals surface area contributed by atoms with Gasteiger partial charge < -0.3 is 9.52 Å². The molecule has 0 amide bonds. The second-order valence-electron chi connectivity index (χ2n) is 3.26. The number of aliphatic hydroxyl groups excluding tert-OH is 1. The largest absolute Gasteiger partial charge is 0.427 e. The average molecular weight is 210 g/mol. The zero-order valence-corrected chi connectivity index (χ0v) is 8.50. The second-order valence-corrected chi connectivity index (χ2v) is 4.17. The molecule has 14 heavy (non-hydrogen) atoms. The highest BCUT2D eigenvalue weighted by Crippen LogP contribution is 2.18. The van der Waals surface area contributed by atoms with Crippen LogP contribution >= 0.6 is 11.3 Å². The molecule has 2 rings (SSSR count). The Kier molecular flexibility index (Phi) is 2.39. The summed E-state index contributed by atoms with van der Waals surface area (Å²) in [4.78, 5) is 11.4. The molecule has 2 aromatic heterocycles. The molecule has 0 aliphatic heterocycles. The Bertz CT molecular complexity index is 495. The van der Waals surface area contributed by atoms with Crippen molar-refractivity contribution in [1.29, 1.82) is 0 Å². The van der Waals surface area contributed by atoms with E-state index in [9.17, 15) is 4.79 Å². The highest BCUT2D eigenvalue weighted by atomic mass is 32.1. The maximum Gasteiger partial charge on any atom is 0.354 e. The highest BCUT2D eigenvalue weighted by molar-refractivity contribution is 7.17. The van der Waals surface area contributed by atoms with E-state index < -0.39 is 6.10 Å². The molecule has 0 saturated heterocycles. The summed E-state index contributed by atoms with van der Waals surface area (Å²) in [7, 11) is 0. The number of fused-ring (bicyclic) bond motifs is 1. The molecule has 0 aliphatic rings. The summed E-state index contributed by atoms with van der Waals surface area (Å²) in [6, 6.07) is 3.68. The third kappa shape index (κ3) is 1.71. The van der Waals surface area contributed by atoms with Gasteiger partial charge in [-0.05, 0) is 24.4 Å². The van der Waals surface area contributed by atoms with Crippen LogP contribution in [0.5, 0.6) is 0 Å². The lowest BCUT2D eigenvalue weighted by Crippen LogP contribution is -2.07. The van der Waals surface area contributed by atoms with Gasteiger partial charge in [-0.2, -0.15) is 0 Å². The monoisotopic (exact) mass is 210 g/mol. The maximum atomic E-state index is 11.4. The summed E-state index contributed by atoms with van der Waals surface area (Å²) in [6.07, 6.45) is -0.115. The quantitative estimate of drug-likeness (QED) is 0.822. The molecule has 0 fully saturated rings. The molecule has 0 radical (unpaired) electrons. The van der Waals surface area contributed by atoms with Crippen LogP contribution in [0, 0.1) is 0 Å². The first-order valence-electron chi connectivity index (χ1n) is 4.35. The summed E-state index contributed by atoms with van der Waals surface area (Å²) in [6.45, 7) is 1.66. The first-order chi connectivity index (χ1) is 6.66. The lowest BCUT2D eigenvalue weighted by Gasteiger charge is -2.02. The molecule has 2 aromatic rings. The van der Waals surface area contributed by atoms with Crippen molar-refractivity contribution in [1.82, 2.24) is 0 Å². The van der Waals surface area contributed by atoms with Crippen molar-refractivity contribution in [2.75, 3.05) is 0 Å².